The van der Waals surface area contributed by atoms with Gasteiger partial charge in [0, 0.05) is 11.1 Å². The molecule has 1 aliphatic carbocycles. The highest BCUT2D eigenvalue weighted by atomic mass is 32.1. The number of urea groups is 1. The monoisotopic (exact) mass is 305 g/mol. The highest BCUT2D eigenvalue weighted by Crippen LogP contribution is 2.30. The summed E-state index contributed by atoms with van der Waals surface area (Å²) in [6.07, 6.45) is 4.39. The fourth-order valence-corrected chi connectivity index (χ4v) is 3.30. The third-order valence-corrected chi connectivity index (χ3v) is 4.39. The summed E-state index contributed by atoms with van der Waals surface area (Å²) in [7, 11) is 0. The van der Waals surface area contributed by atoms with E-state index in [-0.39, 0.29) is 17.9 Å². The van der Waals surface area contributed by atoms with Crippen LogP contribution in [0.2, 0.25) is 0 Å². The van der Waals surface area contributed by atoms with Gasteiger partial charge in [-0.25, -0.2) is 14.2 Å². The topological polar surface area (TPSA) is 54.0 Å². The van der Waals surface area contributed by atoms with E-state index in [1.165, 1.54) is 17.4 Å². The summed E-state index contributed by atoms with van der Waals surface area (Å²) in [5, 5.41) is 6.27. The Balaban J connectivity index is 1.70. The number of carbonyl (C=O) groups excluding carboxylic acids is 1. The number of aryl methyl sites for hydroxylation is 2. The van der Waals surface area contributed by atoms with Gasteiger partial charge in [0.25, 0.3) is 0 Å². The average molecular weight is 305 g/mol. The van der Waals surface area contributed by atoms with Crippen molar-refractivity contribution in [3.05, 3.63) is 46.2 Å². The maximum atomic E-state index is 13.3. The lowest BCUT2D eigenvalue weighted by molar-refractivity contribution is 0.247. The van der Waals surface area contributed by atoms with E-state index in [1.54, 1.807) is 18.3 Å². The molecule has 0 spiro atoms. The number of hydrogen-bond acceptors (Lipinski definition) is 3. The second kappa shape index (κ2) is 5.81. The number of halogens is 1. The quantitative estimate of drug-likeness (QED) is 0.887. The van der Waals surface area contributed by atoms with Crippen molar-refractivity contribution in [3.8, 4) is 0 Å². The van der Waals surface area contributed by atoms with E-state index in [1.807, 2.05) is 6.92 Å². The predicted molar refractivity (Wildman–Crippen MR) is 81.1 cm³/mol. The Morgan fingerprint density at radius 2 is 2.33 bits per heavy atom. The number of aromatic nitrogens is 1. The number of rotatable bonds is 2. The SMILES string of the molecule is Cc1cnc(NC(=O)NC2CCCc3cc(F)ccc32)s1. The molecule has 6 heteroatoms. The number of nitrogens with zero attached hydrogens (tertiary/aromatic N) is 1. The van der Waals surface area contributed by atoms with Gasteiger partial charge in [-0.2, -0.15) is 0 Å². The largest absolute Gasteiger partial charge is 0.331 e. The van der Waals surface area contributed by atoms with E-state index >= 15 is 0 Å². The van der Waals surface area contributed by atoms with Crippen LogP contribution in [0.5, 0.6) is 0 Å². The third kappa shape index (κ3) is 3.21. The molecule has 1 atom stereocenters. The summed E-state index contributed by atoms with van der Waals surface area (Å²) in [5.74, 6) is -0.225. The Morgan fingerprint density at radius 1 is 1.48 bits per heavy atom. The van der Waals surface area contributed by atoms with Crippen molar-refractivity contribution >= 4 is 22.5 Å². The number of carbonyl (C=O) groups is 1. The highest BCUT2D eigenvalue weighted by Gasteiger charge is 2.22. The average Bonchev–Trinajstić information content (AvgIpc) is 2.83. The first kappa shape index (κ1) is 14.0. The predicted octanol–water partition coefficient (Wildman–Crippen LogP) is 3.79. The number of fused-ring (bicyclic) bond motifs is 1. The van der Waals surface area contributed by atoms with Crippen LogP contribution in [0, 0.1) is 12.7 Å². The Kier molecular flexibility index (Phi) is 3.88. The molecule has 0 radical (unpaired) electrons. The second-order valence-corrected chi connectivity index (χ2v) is 6.40. The molecule has 110 valence electrons. The maximum absolute atomic E-state index is 13.3. The van der Waals surface area contributed by atoms with Crippen LogP contribution in [0.4, 0.5) is 14.3 Å². The molecule has 3 rings (SSSR count). The van der Waals surface area contributed by atoms with Crippen LogP contribution >= 0.6 is 11.3 Å². The second-order valence-electron chi connectivity index (χ2n) is 5.16. The molecule has 1 aromatic carbocycles. The molecule has 1 aliphatic rings. The van der Waals surface area contributed by atoms with Gasteiger partial charge < -0.3 is 5.32 Å². The zero-order chi connectivity index (χ0) is 14.8. The van der Waals surface area contributed by atoms with Crippen molar-refractivity contribution in [2.24, 2.45) is 0 Å². The van der Waals surface area contributed by atoms with E-state index in [0.717, 1.165) is 35.3 Å². The lowest BCUT2D eigenvalue weighted by atomic mass is 9.88. The molecule has 4 nitrogen and oxygen atoms in total. The molecular weight excluding hydrogens is 289 g/mol. The molecule has 2 N–H and O–H groups in total. The Hall–Kier alpha value is -1.95. The first-order valence-corrected chi connectivity index (χ1v) is 7.72. The fraction of sp³-hybridized carbons (Fsp3) is 0.333. The number of amides is 2. The molecule has 1 aromatic heterocycles. The molecular formula is C15H16FN3OS. The van der Waals surface area contributed by atoms with Crippen LogP contribution in [-0.2, 0) is 6.42 Å². The van der Waals surface area contributed by atoms with Gasteiger partial charge in [0.2, 0.25) is 0 Å². The highest BCUT2D eigenvalue weighted by molar-refractivity contribution is 7.15. The number of anilines is 1. The summed E-state index contributed by atoms with van der Waals surface area (Å²) in [6.45, 7) is 1.94. The van der Waals surface area contributed by atoms with E-state index in [2.05, 4.69) is 15.6 Å². The van der Waals surface area contributed by atoms with Crippen LogP contribution in [0.1, 0.15) is 34.9 Å². The molecule has 2 aromatic rings. The standard InChI is InChI=1S/C15H16FN3OS/c1-9-8-17-15(21-9)19-14(20)18-13-4-2-3-10-7-11(16)5-6-12(10)13/h5-8,13H,2-4H2,1H3,(H2,17,18,19,20). The maximum Gasteiger partial charge on any atom is 0.321 e. The molecule has 0 fully saturated rings. The first-order valence-electron chi connectivity index (χ1n) is 6.90. The Morgan fingerprint density at radius 3 is 3.10 bits per heavy atom. The lowest BCUT2D eigenvalue weighted by Crippen LogP contribution is -2.34. The van der Waals surface area contributed by atoms with Gasteiger partial charge in [-0.05, 0) is 49.4 Å². The third-order valence-electron chi connectivity index (χ3n) is 3.57. The van der Waals surface area contributed by atoms with Gasteiger partial charge in [0.15, 0.2) is 5.13 Å². The van der Waals surface area contributed by atoms with Crippen LogP contribution in [0.15, 0.2) is 24.4 Å². The van der Waals surface area contributed by atoms with Crippen molar-refractivity contribution in [2.75, 3.05) is 5.32 Å². The van der Waals surface area contributed by atoms with Crippen molar-refractivity contribution in [1.82, 2.24) is 10.3 Å². The van der Waals surface area contributed by atoms with Crippen LogP contribution in [-0.4, -0.2) is 11.0 Å². The Labute approximate surface area is 126 Å². The van der Waals surface area contributed by atoms with Gasteiger partial charge in [-0.1, -0.05) is 6.07 Å². The molecule has 1 heterocycles. The normalized spacial score (nSPS) is 17.1. The van der Waals surface area contributed by atoms with Gasteiger partial charge >= 0.3 is 6.03 Å². The Bertz CT molecular complexity index is 671. The van der Waals surface area contributed by atoms with E-state index in [9.17, 15) is 9.18 Å². The van der Waals surface area contributed by atoms with Gasteiger partial charge in [0.05, 0.1) is 6.04 Å². The van der Waals surface area contributed by atoms with Crippen LogP contribution in [0.3, 0.4) is 0 Å². The zero-order valence-corrected chi connectivity index (χ0v) is 12.5. The fourth-order valence-electron chi connectivity index (χ4n) is 2.64. The number of benzene rings is 1. The van der Waals surface area contributed by atoms with E-state index in [4.69, 9.17) is 0 Å². The first-order chi connectivity index (χ1) is 10.1. The lowest BCUT2D eigenvalue weighted by Gasteiger charge is -2.26. The van der Waals surface area contributed by atoms with Crippen molar-refractivity contribution in [3.63, 3.8) is 0 Å². The molecule has 0 aliphatic heterocycles. The van der Waals surface area contributed by atoms with Crippen molar-refractivity contribution in [1.29, 1.82) is 0 Å². The van der Waals surface area contributed by atoms with Gasteiger partial charge in [-0.3, -0.25) is 5.32 Å². The number of thiazole rings is 1. The van der Waals surface area contributed by atoms with E-state index < -0.39 is 0 Å². The summed E-state index contributed by atoms with van der Waals surface area (Å²) >= 11 is 1.43. The van der Waals surface area contributed by atoms with E-state index in [0.29, 0.717) is 5.13 Å². The van der Waals surface area contributed by atoms with Crippen molar-refractivity contribution < 1.29 is 9.18 Å². The van der Waals surface area contributed by atoms with Gasteiger partial charge in [0.1, 0.15) is 5.82 Å². The zero-order valence-electron chi connectivity index (χ0n) is 11.6. The number of hydrogen-bond donors (Lipinski definition) is 2. The van der Waals surface area contributed by atoms with Crippen molar-refractivity contribution in [2.45, 2.75) is 32.2 Å². The molecule has 2 amide bonds. The summed E-state index contributed by atoms with van der Waals surface area (Å²) < 4.78 is 13.3. The summed E-state index contributed by atoms with van der Waals surface area (Å²) in [6, 6.07) is 4.43. The summed E-state index contributed by atoms with van der Waals surface area (Å²) in [4.78, 5) is 17.2. The minimum Gasteiger partial charge on any atom is -0.331 e. The molecule has 21 heavy (non-hydrogen) atoms. The molecule has 0 saturated heterocycles. The molecule has 1 unspecified atom stereocenters. The van der Waals surface area contributed by atoms with Crippen LogP contribution in [0.25, 0.3) is 0 Å². The smallest absolute Gasteiger partial charge is 0.321 e. The minimum atomic E-state index is -0.272. The van der Waals surface area contributed by atoms with Gasteiger partial charge in [-0.15, -0.1) is 11.3 Å². The molecule has 0 bridgehead atoms. The number of nitrogens with one attached hydrogen (secondary N) is 2. The summed E-state index contributed by atoms with van der Waals surface area (Å²) in [5.41, 5.74) is 1.99. The minimum absolute atomic E-state index is 0.0737. The molecule has 0 saturated carbocycles. The van der Waals surface area contributed by atoms with Crippen LogP contribution < -0.4 is 10.6 Å².